The topological polar surface area (TPSA) is 0 Å². The van der Waals surface area contributed by atoms with E-state index in [4.69, 9.17) is 68.0 Å². The Kier molecular flexibility index (Phi) is 6.77. The highest BCUT2D eigenvalue weighted by Crippen LogP contribution is 2.31. The highest BCUT2D eigenvalue weighted by Gasteiger charge is 2.23. The van der Waals surface area contributed by atoms with E-state index in [9.17, 15) is 0 Å². The van der Waals surface area contributed by atoms with Gasteiger partial charge in [0.1, 0.15) is 0 Å². The number of hydrogen-bond acceptors (Lipinski definition) is 0. The molecule has 0 N–H and O–H groups in total. The Bertz CT molecular complexity index is 387. The van der Waals surface area contributed by atoms with Crippen molar-refractivity contribution in [1.82, 2.24) is 0 Å². The van der Waals surface area contributed by atoms with Crippen LogP contribution in [0.1, 0.15) is 18.4 Å². The van der Waals surface area contributed by atoms with Gasteiger partial charge >= 0.3 is 6.00 Å². The lowest BCUT2D eigenvalue weighted by molar-refractivity contribution is 0.791. The first-order chi connectivity index (χ1) is 7.79. The van der Waals surface area contributed by atoms with Crippen LogP contribution in [0.2, 0.25) is 21.1 Å². The minimum atomic E-state index is -2.49. The van der Waals surface area contributed by atoms with Crippen LogP contribution in [-0.4, -0.2) is 6.00 Å². The maximum Gasteiger partial charge on any atom is 0.341 e. The van der Waals surface area contributed by atoms with Crippen LogP contribution in [0.15, 0.2) is 12.1 Å². The van der Waals surface area contributed by atoms with Crippen molar-refractivity contribution in [1.29, 1.82) is 0 Å². The van der Waals surface area contributed by atoms with Gasteiger partial charge in [-0.3, -0.25) is 0 Å². The summed E-state index contributed by atoms with van der Waals surface area (Å²) >= 11 is 35.2. The van der Waals surface area contributed by atoms with Crippen LogP contribution in [-0.2, 0) is 6.42 Å². The number of hydrogen-bond donors (Lipinski definition) is 0. The van der Waals surface area contributed by atoms with Crippen LogP contribution >= 0.6 is 68.0 Å². The molecular weight excluding hydrogens is 361 g/mol. The van der Waals surface area contributed by atoms with E-state index in [-0.39, 0.29) is 0 Å². The summed E-state index contributed by atoms with van der Waals surface area (Å²) in [5.74, 6) is 0. The summed E-state index contributed by atoms with van der Waals surface area (Å²) < 4.78 is 0. The summed E-state index contributed by atoms with van der Waals surface area (Å²) in [5.41, 5.74) is 0.979. The standard InChI is InChI=1S/C10H10Cl6Si/c11-8-6-10(13)9(12)5-7(8)3-1-2-4-17(14,15)16/h5-6H,1-4H2. The van der Waals surface area contributed by atoms with Crippen molar-refractivity contribution in [2.24, 2.45) is 0 Å². The number of benzene rings is 1. The Balaban J connectivity index is 2.50. The van der Waals surface area contributed by atoms with E-state index in [1.54, 1.807) is 12.1 Å². The molecule has 1 aromatic rings. The number of unbranched alkanes of at least 4 members (excludes halogenated alkanes) is 1. The van der Waals surface area contributed by atoms with Crippen LogP contribution in [0.4, 0.5) is 0 Å². The third kappa shape index (κ3) is 6.24. The molecule has 0 heterocycles. The van der Waals surface area contributed by atoms with Crippen molar-refractivity contribution >= 4 is 74.0 Å². The van der Waals surface area contributed by atoms with E-state index in [1.807, 2.05) is 0 Å². The first-order valence-electron chi connectivity index (χ1n) is 5.00. The molecule has 0 fully saturated rings. The molecule has 0 atom stereocenters. The second-order valence-corrected chi connectivity index (χ2v) is 14.2. The second-order valence-electron chi connectivity index (χ2n) is 3.68. The van der Waals surface area contributed by atoms with Gasteiger partial charge in [-0.05, 0) is 36.6 Å². The smallest absolute Gasteiger partial charge is 0.126 e. The molecular formula is C10H10Cl6Si. The maximum atomic E-state index is 6.06. The largest absolute Gasteiger partial charge is 0.341 e. The fourth-order valence-electron chi connectivity index (χ4n) is 1.40. The Labute approximate surface area is 131 Å². The van der Waals surface area contributed by atoms with Crippen molar-refractivity contribution in [3.8, 4) is 0 Å². The van der Waals surface area contributed by atoms with E-state index < -0.39 is 6.00 Å². The van der Waals surface area contributed by atoms with Crippen molar-refractivity contribution in [3.63, 3.8) is 0 Å². The van der Waals surface area contributed by atoms with Crippen LogP contribution in [0.3, 0.4) is 0 Å². The normalized spacial score (nSPS) is 11.9. The molecule has 17 heavy (non-hydrogen) atoms. The molecule has 1 aromatic carbocycles. The molecule has 0 unspecified atom stereocenters. The summed E-state index contributed by atoms with van der Waals surface area (Å²) in [5, 5.41) is 1.61. The van der Waals surface area contributed by atoms with Crippen molar-refractivity contribution in [2.75, 3.05) is 0 Å². The Morgan fingerprint density at radius 3 is 2.00 bits per heavy atom. The van der Waals surface area contributed by atoms with Crippen molar-refractivity contribution in [2.45, 2.75) is 25.3 Å². The van der Waals surface area contributed by atoms with Gasteiger partial charge in [0.25, 0.3) is 0 Å². The third-order valence-electron chi connectivity index (χ3n) is 2.25. The molecule has 0 amide bonds. The van der Waals surface area contributed by atoms with Gasteiger partial charge in [0.15, 0.2) is 0 Å². The minimum absolute atomic E-state index is 0.467. The highest BCUT2D eigenvalue weighted by atomic mass is 35.8. The Morgan fingerprint density at radius 2 is 1.41 bits per heavy atom. The molecule has 0 nitrogen and oxygen atoms in total. The molecule has 96 valence electrons. The summed E-state index contributed by atoms with van der Waals surface area (Å²) in [4.78, 5) is 0. The monoisotopic (exact) mass is 368 g/mol. The van der Waals surface area contributed by atoms with Crippen LogP contribution in [0.25, 0.3) is 0 Å². The van der Waals surface area contributed by atoms with Gasteiger partial charge in [-0.1, -0.05) is 41.2 Å². The van der Waals surface area contributed by atoms with Gasteiger partial charge in [0, 0.05) is 5.02 Å². The van der Waals surface area contributed by atoms with E-state index >= 15 is 0 Å². The first-order valence-corrected chi connectivity index (χ1v) is 11.4. The van der Waals surface area contributed by atoms with E-state index in [1.165, 1.54) is 0 Å². The predicted molar refractivity (Wildman–Crippen MR) is 82.5 cm³/mol. The summed E-state index contributed by atoms with van der Waals surface area (Å²) in [6.07, 6.45) is 2.60. The Morgan fingerprint density at radius 1 is 0.824 bits per heavy atom. The van der Waals surface area contributed by atoms with Gasteiger partial charge in [0.05, 0.1) is 10.0 Å². The third-order valence-corrected chi connectivity index (χ3v) is 5.94. The maximum absolute atomic E-state index is 6.06. The minimum Gasteiger partial charge on any atom is -0.126 e. The SMILES string of the molecule is Clc1cc(Cl)c(CCCC[Si](Cl)(Cl)Cl)cc1Cl. The summed E-state index contributed by atoms with van der Waals surface area (Å²) in [7, 11) is 0. The second kappa shape index (κ2) is 7.09. The lowest BCUT2D eigenvalue weighted by Crippen LogP contribution is -2.07. The average molecular weight is 371 g/mol. The lowest BCUT2D eigenvalue weighted by Gasteiger charge is -2.08. The van der Waals surface area contributed by atoms with Gasteiger partial charge < -0.3 is 0 Å². The van der Waals surface area contributed by atoms with Crippen molar-refractivity contribution in [3.05, 3.63) is 32.8 Å². The quantitative estimate of drug-likeness (QED) is 0.236. The average Bonchev–Trinajstić information content (AvgIpc) is 2.18. The predicted octanol–water partition coefficient (Wildman–Crippen LogP) is 6.62. The lowest BCUT2D eigenvalue weighted by atomic mass is 10.1. The fourth-order valence-corrected chi connectivity index (χ4v) is 3.91. The van der Waals surface area contributed by atoms with Crippen LogP contribution < -0.4 is 0 Å². The molecule has 7 heteroatoms. The number of aryl methyl sites for hydroxylation is 1. The van der Waals surface area contributed by atoms with Gasteiger partial charge in [-0.25, -0.2) is 0 Å². The van der Waals surface area contributed by atoms with Crippen molar-refractivity contribution < 1.29 is 0 Å². The molecule has 0 saturated carbocycles. The molecule has 0 aliphatic heterocycles. The van der Waals surface area contributed by atoms with Crippen LogP contribution in [0, 0.1) is 0 Å². The van der Waals surface area contributed by atoms with Gasteiger partial charge in [-0.15, -0.1) is 33.2 Å². The van der Waals surface area contributed by atoms with Gasteiger partial charge in [0.2, 0.25) is 0 Å². The zero-order chi connectivity index (χ0) is 13.1. The van der Waals surface area contributed by atoms with Crippen LogP contribution in [0.5, 0.6) is 0 Å². The molecule has 0 aromatic heterocycles. The first kappa shape index (κ1) is 16.2. The molecule has 1 rings (SSSR count). The molecule has 0 aliphatic rings. The molecule has 0 radical (unpaired) electrons. The zero-order valence-corrected chi connectivity index (χ0v) is 14.3. The molecule has 0 aliphatic carbocycles. The molecule has 0 bridgehead atoms. The number of halogens is 6. The zero-order valence-electron chi connectivity index (χ0n) is 8.75. The van der Waals surface area contributed by atoms with E-state index in [0.29, 0.717) is 21.1 Å². The van der Waals surface area contributed by atoms with Gasteiger partial charge in [-0.2, -0.15) is 0 Å². The van der Waals surface area contributed by atoms with E-state index in [2.05, 4.69) is 0 Å². The molecule has 0 spiro atoms. The fraction of sp³-hybridized carbons (Fsp3) is 0.400. The number of rotatable bonds is 5. The summed E-state index contributed by atoms with van der Waals surface area (Å²) in [6, 6.07) is 1.62. The Hall–Kier alpha value is 1.18. The molecule has 0 saturated heterocycles. The highest BCUT2D eigenvalue weighted by molar-refractivity contribution is 7.64. The van der Waals surface area contributed by atoms with E-state index in [0.717, 1.165) is 24.8 Å². The summed E-state index contributed by atoms with van der Waals surface area (Å²) in [6.45, 7) is 0.